The SMILES string of the molecule is CCc1ccc(C(=O)NC(C)c2nc(C3CC3)no2)[nH]1. The third-order valence-corrected chi connectivity index (χ3v) is 3.49. The van der Waals surface area contributed by atoms with Crippen LogP contribution in [0.25, 0.3) is 0 Å². The molecular formula is C14H18N4O2. The van der Waals surface area contributed by atoms with Crippen molar-refractivity contribution in [3.8, 4) is 0 Å². The first-order valence-corrected chi connectivity index (χ1v) is 6.99. The number of hydrogen-bond donors (Lipinski definition) is 2. The van der Waals surface area contributed by atoms with E-state index in [1.165, 1.54) is 0 Å². The molecule has 0 bridgehead atoms. The second-order valence-corrected chi connectivity index (χ2v) is 5.21. The van der Waals surface area contributed by atoms with Gasteiger partial charge in [0.2, 0.25) is 5.89 Å². The molecule has 3 rings (SSSR count). The first kappa shape index (κ1) is 12.9. The van der Waals surface area contributed by atoms with Crippen molar-refractivity contribution in [3.63, 3.8) is 0 Å². The van der Waals surface area contributed by atoms with E-state index in [1.54, 1.807) is 6.07 Å². The number of nitrogens with zero attached hydrogens (tertiary/aromatic N) is 2. The van der Waals surface area contributed by atoms with E-state index < -0.39 is 0 Å². The van der Waals surface area contributed by atoms with E-state index in [-0.39, 0.29) is 11.9 Å². The maximum atomic E-state index is 12.1. The van der Waals surface area contributed by atoms with E-state index in [2.05, 4.69) is 20.4 Å². The van der Waals surface area contributed by atoms with Gasteiger partial charge in [-0.3, -0.25) is 4.79 Å². The minimum absolute atomic E-state index is 0.164. The maximum Gasteiger partial charge on any atom is 0.268 e. The fraction of sp³-hybridized carbons (Fsp3) is 0.500. The second-order valence-electron chi connectivity index (χ2n) is 5.21. The molecular weight excluding hydrogens is 256 g/mol. The molecule has 0 spiro atoms. The zero-order valence-electron chi connectivity index (χ0n) is 11.6. The Morgan fingerprint density at radius 2 is 2.35 bits per heavy atom. The molecule has 0 saturated heterocycles. The summed E-state index contributed by atoms with van der Waals surface area (Å²) in [6.45, 7) is 3.87. The van der Waals surface area contributed by atoms with Gasteiger partial charge in [-0.25, -0.2) is 0 Å². The second kappa shape index (κ2) is 5.11. The number of aromatic amines is 1. The van der Waals surface area contributed by atoms with Gasteiger partial charge in [-0.15, -0.1) is 0 Å². The van der Waals surface area contributed by atoms with Gasteiger partial charge < -0.3 is 14.8 Å². The fourth-order valence-corrected chi connectivity index (χ4v) is 2.05. The van der Waals surface area contributed by atoms with E-state index in [1.807, 2.05) is 19.9 Å². The zero-order valence-corrected chi connectivity index (χ0v) is 11.6. The molecule has 1 amide bonds. The predicted octanol–water partition coefficient (Wildman–Crippen LogP) is 2.33. The van der Waals surface area contributed by atoms with Crippen LogP contribution in [0.3, 0.4) is 0 Å². The molecule has 1 fully saturated rings. The van der Waals surface area contributed by atoms with Crippen molar-refractivity contribution >= 4 is 5.91 Å². The van der Waals surface area contributed by atoms with Gasteiger partial charge in [0.1, 0.15) is 11.7 Å². The number of H-pyrrole nitrogens is 1. The van der Waals surface area contributed by atoms with Crippen molar-refractivity contribution in [1.82, 2.24) is 20.4 Å². The zero-order chi connectivity index (χ0) is 14.1. The summed E-state index contributed by atoms with van der Waals surface area (Å²) >= 11 is 0. The monoisotopic (exact) mass is 274 g/mol. The van der Waals surface area contributed by atoms with Crippen molar-refractivity contribution in [2.75, 3.05) is 0 Å². The molecule has 0 aromatic carbocycles. The Balaban J connectivity index is 1.64. The van der Waals surface area contributed by atoms with Crippen LogP contribution in [0.4, 0.5) is 0 Å². The van der Waals surface area contributed by atoms with E-state index in [0.29, 0.717) is 17.5 Å². The number of amides is 1. The summed E-state index contributed by atoms with van der Waals surface area (Å²) in [7, 11) is 0. The van der Waals surface area contributed by atoms with Gasteiger partial charge in [0, 0.05) is 11.6 Å². The molecule has 1 atom stereocenters. The molecule has 2 aromatic heterocycles. The van der Waals surface area contributed by atoms with Crippen LogP contribution in [-0.2, 0) is 6.42 Å². The van der Waals surface area contributed by atoms with Crippen LogP contribution in [0.15, 0.2) is 16.7 Å². The molecule has 0 aliphatic heterocycles. The number of carbonyl (C=O) groups excluding carboxylic acids is 1. The Labute approximate surface area is 117 Å². The molecule has 6 heteroatoms. The average Bonchev–Trinajstić information content (AvgIpc) is 3.00. The first-order valence-electron chi connectivity index (χ1n) is 6.99. The lowest BCUT2D eigenvalue weighted by Crippen LogP contribution is -2.27. The Bertz CT molecular complexity index is 612. The van der Waals surface area contributed by atoms with Crippen molar-refractivity contribution in [1.29, 1.82) is 0 Å². The lowest BCUT2D eigenvalue weighted by atomic mass is 10.3. The van der Waals surface area contributed by atoms with Crippen LogP contribution >= 0.6 is 0 Å². The largest absolute Gasteiger partial charge is 0.354 e. The van der Waals surface area contributed by atoms with Crippen LogP contribution in [0.5, 0.6) is 0 Å². The lowest BCUT2D eigenvalue weighted by Gasteiger charge is -2.08. The van der Waals surface area contributed by atoms with Gasteiger partial charge in [-0.1, -0.05) is 12.1 Å². The summed E-state index contributed by atoms with van der Waals surface area (Å²) in [5, 5.41) is 6.81. The first-order chi connectivity index (χ1) is 9.67. The van der Waals surface area contributed by atoms with Gasteiger partial charge in [0.05, 0.1) is 0 Å². The average molecular weight is 274 g/mol. The summed E-state index contributed by atoms with van der Waals surface area (Å²) in [4.78, 5) is 19.5. The summed E-state index contributed by atoms with van der Waals surface area (Å²) in [6, 6.07) is 3.40. The molecule has 1 aliphatic rings. The van der Waals surface area contributed by atoms with Gasteiger partial charge in [0.25, 0.3) is 5.91 Å². The molecule has 6 nitrogen and oxygen atoms in total. The maximum absolute atomic E-state index is 12.1. The molecule has 106 valence electrons. The van der Waals surface area contributed by atoms with E-state index in [4.69, 9.17) is 4.52 Å². The number of rotatable bonds is 5. The number of aryl methyl sites for hydroxylation is 1. The van der Waals surface area contributed by atoms with Crippen molar-refractivity contribution in [2.24, 2.45) is 0 Å². The summed E-state index contributed by atoms with van der Waals surface area (Å²) in [6.07, 6.45) is 3.13. The minimum atomic E-state index is -0.295. The molecule has 1 saturated carbocycles. The van der Waals surface area contributed by atoms with Crippen molar-refractivity contribution < 1.29 is 9.32 Å². The van der Waals surface area contributed by atoms with Gasteiger partial charge in [0.15, 0.2) is 5.82 Å². The highest BCUT2D eigenvalue weighted by Gasteiger charge is 2.29. The number of aromatic nitrogens is 3. The highest BCUT2D eigenvalue weighted by Crippen LogP contribution is 2.38. The lowest BCUT2D eigenvalue weighted by molar-refractivity contribution is 0.0928. The normalized spacial score (nSPS) is 16.1. The molecule has 2 aromatic rings. The van der Waals surface area contributed by atoms with Crippen LogP contribution in [-0.4, -0.2) is 21.0 Å². The predicted molar refractivity (Wildman–Crippen MR) is 72.3 cm³/mol. The summed E-state index contributed by atoms with van der Waals surface area (Å²) in [5.74, 6) is 1.51. The smallest absolute Gasteiger partial charge is 0.268 e. The van der Waals surface area contributed by atoms with E-state index in [9.17, 15) is 4.79 Å². The quantitative estimate of drug-likeness (QED) is 0.876. The van der Waals surface area contributed by atoms with Crippen LogP contribution in [0.2, 0.25) is 0 Å². The van der Waals surface area contributed by atoms with Crippen LogP contribution < -0.4 is 5.32 Å². The highest BCUT2D eigenvalue weighted by atomic mass is 16.5. The van der Waals surface area contributed by atoms with Gasteiger partial charge in [-0.2, -0.15) is 4.98 Å². The van der Waals surface area contributed by atoms with Gasteiger partial charge >= 0.3 is 0 Å². The highest BCUT2D eigenvalue weighted by molar-refractivity contribution is 5.92. The van der Waals surface area contributed by atoms with E-state index in [0.717, 1.165) is 30.8 Å². The molecule has 2 N–H and O–H groups in total. The molecule has 1 unspecified atom stereocenters. The number of carbonyl (C=O) groups is 1. The Morgan fingerprint density at radius 3 is 3.00 bits per heavy atom. The topological polar surface area (TPSA) is 83.8 Å². The van der Waals surface area contributed by atoms with Crippen molar-refractivity contribution in [3.05, 3.63) is 35.2 Å². The molecule has 0 radical (unpaired) electrons. The van der Waals surface area contributed by atoms with Crippen LogP contribution in [0.1, 0.15) is 66.5 Å². The molecule has 20 heavy (non-hydrogen) atoms. The fourth-order valence-electron chi connectivity index (χ4n) is 2.05. The number of nitrogens with one attached hydrogen (secondary N) is 2. The third kappa shape index (κ3) is 2.59. The van der Waals surface area contributed by atoms with Crippen LogP contribution in [0, 0.1) is 0 Å². The Kier molecular flexibility index (Phi) is 3.30. The standard InChI is InChI=1S/C14H18N4O2/c1-3-10-6-7-11(16-10)13(19)15-8(2)14-17-12(18-20-14)9-4-5-9/h6-9,16H,3-5H2,1-2H3,(H,15,19). The van der Waals surface area contributed by atoms with E-state index >= 15 is 0 Å². The Hall–Kier alpha value is -2.11. The molecule has 1 aliphatic carbocycles. The summed E-state index contributed by atoms with van der Waals surface area (Å²) < 4.78 is 5.20. The minimum Gasteiger partial charge on any atom is -0.354 e. The summed E-state index contributed by atoms with van der Waals surface area (Å²) in [5.41, 5.74) is 1.59. The van der Waals surface area contributed by atoms with Crippen molar-refractivity contribution in [2.45, 2.75) is 45.1 Å². The number of hydrogen-bond acceptors (Lipinski definition) is 4. The molecule has 2 heterocycles. The van der Waals surface area contributed by atoms with Gasteiger partial charge in [-0.05, 0) is 38.3 Å². The Morgan fingerprint density at radius 1 is 1.55 bits per heavy atom. The third-order valence-electron chi connectivity index (χ3n) is 3.49.